The van der Waals surface area contributed by atoms with Gasteiger partial charge in [-0.1, -0.05) is 58.0 Å². The summed E-state index contributed by atoms with van der Waals surface area (Å²) in [6, 6.07) is 10.1. The highest BCUT2D eigenvalue weighted by atomic mass is 16.5. The number of hydrogen-bond acceptors (Lipinski definition) is 4. The van der Waals surface area contributed by atoms with E-state index in [4.69, 9.17) is 4.74 Å². The Balaban J connectivity index is 1.74. The number of allylic oxidation sites excluding steroid dienone is 1. The van der Waals surface area contributed by atoms with Crippen LogP contribution >= 0.6 is 0 Å². The van der Waals surface area contributed by atoms with E-state index in [0.29, 0.717) is 31.3 Å². The van der Waals surface area contributed by atoms with Crippen molar-refractivity contribution >= 4 is 11.6 Å². The molecule has 4 rings (SSSR count). The van der Waals surface area contributed by atoms with E-state index in [-0.39, 0.29) is 52.2 Å². The summed E-state index contributed by atoms with van der Waals surface area (Å²) < 4.78 is 6.47. The summed E-state index contributed by atoms with van der Waals surface area (Å²) in [5.41, 5.74) is 1.23. The van der Waals surface area contributed by atoms with Gasteiger partial charge in [-0.25, -0.2) is 0 Å². The fourth-order valence-electron chi connectivity index (χ4n) is 5.71. The molecule has 4 unspecified atom stereocenters. The molecule has 0 aromatic heterocycles. The number of carbonyl (C=O) groups is 2. The van der Waals surface area contributed by atoms with Crippen molar-refractivity contribution in [3.63, 3.8) is 0 Å². The lowest BCUT2D eigenvalue weighted by Crippen LogP contribution is -2.43. The van der Waals surface area contributed by atoms with Gasteiger partial charge in [-0.15, -0.1) is 0 Å². The first-order valence-electron chi connectivity index (χ1n) is 10.7. The number of ether oxygens (including phenoxy) is 1. The summed E-state index contributed by atoms with van der Waals surface area (Å²) >= 11 is 0. The number of carbonyl (C=O) groups excluding carboxylic acids is 2. The molecule has 1 saturated heterocycles. The van der Waals surface area contributed by atoms with E-state index in [9.17, 15) is 14.7 Å². The molecular formula is C25H32O4. The second-order valence-corrected chi connectivity index (χ2v) is 10.8. The number of fused-ring (bicyclic) bond motifs is 1. The van der Waals surface area contributed by atoms with Gasteiger partial charge < -0.3 is 9.84 Å². The molecular weight excluding hydrogens is 364 g/mol. The van der Waals surface area contributed by atoms with Crippen molar-refractivity contribution in [3.05, 3.63) is 47.2 Å². The number of hydrogen-bond donors (Lipinski definition) is 1. The minimum atomic E-state index is -0.354. The van der Waals surface area contributed by atoms with Crippen LogP contribution in [0.3, 0.4) is 0 Å². The van der Waals surface area contributed by atoms with Crippen LogP contribution in [0.5, 0.6) is 0 Å². The standard InChI is InChI=1S/C25H32O4/c1-24(2)11-16(26)21(17(27)12-24)23-19(10-15-8-6-5-7-9-15)29-20-14-25(3,4)13-18(28)22(20)23/h5-9,19-20,22-23,26H,10-14H2,1-4H3. The molecule has 1 heterocycles. The Morgan fingerprint density at radius 3 is 2.31 bits per heavy atom. The van der Waals surface area contributed by atoms with Crippen molar-refractivity contribution < 1.29 is 19.4 Å². The molecule has 4 heteroatoms. The molecule has 1 aromatic rings. The van der Waals surface area contributed by atoms with Gasteiger partial charge in [-0.3, -0.25) is 9.59 Å². The second kappa shape index (κ2) is 7.09. The normalized spacial score (nSPS) is 33.7. The zero-order valence-electron chi connectivity index (χ0n) is 17.9. The highest BCUT2D eigenvalue weighted by Crippen LogP contribution is 2.51. The summed E-state index contributed by atoms with van der Waals surface area (Å²) in [5, 5.41) is 10.9. The van der Waals surface area contributed by atoms with Gasteiger partial charge >= 0.3 is 0 Å². The van der Waals surface area contributed by atoms with Crippen LogP contribution in [0, 0.1) is 22.7 Å². The van der Waals surface area contributed by atoms with E-state index < -0.39 is 0 Å². The van der Waals surface area contributed by atoms with E-state index >= 15 is 0 Å². The topological polar surface area (TPSA) is 63.6 Å². The summed E-state index contributed by atoms with van der Waals surface area (Å²) in [6.45, 7) is 8.22. The molecule has 2 fully saturated rings. The Hall–Kier alpha value is -1.94. The van der Waals surface area contributed by atoms with Gasteiger partial charge in [0.15, 0.2) is 5.78 Å². The number of aliphatic hydroxyl groups excluding tert-OH is 1. The maximum Gasteiger partial charge on any atom is 0.163 e. The van der Waals surface area contributed by atoms with E-state index in [1.165, 1.54) is 0 Å². The maximum atomic E-state index is 13.2. The number of rotatable bonds is 3. The third kappa shape index (κ3) is 3.92. The number of benzene rings is 1. The van der Waals surface area contributed by atoms with Crippen LogP contribution in [-0.4, -0.2) is 28.9 Å². The summed E-state index contributed by atoms with van der Waals surface area (Å²) in [5.74, 6) is -0.379. The molecule has 0 bridgehead atoms. The molecule has 4 atom stereocenters. The number of ketones is 2. The van der Waals surface area contributed by atoms with Crippen LogP contribution in [0.15, 0.2) is 41.7 Å². The fraction of sp³-hybridized carbons (Fsp3) is 0.600. The van der Waals surface area contributed by atoms with Crippen molar-refractivity contribution in [2.75, 3.05) is 0 Å². The van der Waals surface area contributed by atoms with Crippen molar-refractivity contribution in [1.82, 2.24) is 0 Å². The molecule has 2 aliphatic carbocycles. The molecule has 1 saturated carbocycles. The molecule has 4 nitrogen and oxygen atoms in total. The minimum absolute atomic E-state index is 0.0244. The van der Waals surface area contributed by atoms with Gasteiger partial charge in [0.05, 0.1) is 23.9 Å². The van der Waals surface area contributed by atoms with Gasteiger partial charge in [0.1, 0.15) is 5.78 Å². The smallest absolute Gasteiger partial charge is 0.163 e. The van der Waals surface area contributed by atoms with Crippen LogP contribution in [-0.2, 0) is 20.7 Å². The molecule has 156 valence electrons. The average Bonchev–Trinajstić information content (AvgIpc) is 2.90. The maximum absolute atomic E-state index is 13.2. The van der Waals surface area contributed by atoms with Gasteiger partial charge in [-0.05, 0) is 29.2 Å². The van der Waals surface area contributed by atoms with Gasteiger partial charge in [0.2, 0.25) is 0 Å². The third-order valence-electron chi connectivity index (χ3n) is 6.83. The fourth-order valence-corrected chi connectivity index (χ4v) is 5.71. The molecule has 1 aromatic carbocycles. The Morgan fingerprint density at radius 1 is 0.966 bits per heavy atom. The first-order valence-corrected chi connectivity index (χ1v) is 10.7. The zero-order valence-corrected chi connectivity index (χ0v) is 17.9. The molecule has 0 radical (unpaired) electrons. The predicted octanol–water partition coefficient (Wildman–Crippen LogP) is 4.82. The van der Waals surface area contributed by atoms with Crippen LogP contribution < -0.4 is 0 Å². The lowest BCUT2D eigenvalue weighted by atomic mass is 9.63. The van der Waals surface area contributed by atoms with Crippen LogP contribution in [0.4, 0.5) is 0 Å². The molecule has 1 N–H and O–H groups in total. The molecule has 0 amide bonds. The van der Waals surface area contributed by atoms with Gasteiger partial charge in [0.25, 0.3) is 0 Å². The molecule has 3 aliphatic rings. The number of Topliss-reactive ketones (excluding diaryl/α,β-unsaturated/α-hetero) is 2. The van der Waals surface area contributed by atoms with Crippen molar-refractivity contribution in [2.45, 2.75) is 72.0 Å². The molecule has 1 aliphatic heterocycles. The van der Waals surface area contributed by atoms with E-state index in [2.05, 4.69) is 13.8 Å². The minimum Gasteiger partial charge on any atom is -0.512 e. The Morgan fingerprint density at radius 2 is 1.66 bits per heavy atom. The SMILES string of the molecule is CC1(C)CC(=O)C(C2C(Cc3ccccc3)OC3CC(C)(C)CC(=O)C32)=C(O)C1. The zero-order chi connectivity index (χ0) is 21.0. The lowest BCUT2D eigenvalue weighted by Gasteiger charge is -2.38. The second-order valence-electron chi connectivity index (χ2n) is 10.8. The first kappa shape index (κ1) is 20.3. The van der Waals surface area contributed by atoms with Crippen LogP contribution in [0.2, 0.25) is 0 Å². The highest BCUT2D eigenvalue weighted by molar-refractivity contribution is 5.99. The van der Waals surface area contributed by atoms with Gasteiger partial charge in [0, 0.05) is 30.8 Å². The van der Waals surface area contributed by atoms with E-state index in [1.54, 1.807) is 0 Å². The van der Waals surface area contributed by atoms with Crippen molar-refractivity contribution in [2.24, 2.45) is 22.7 Å². The average molecular weight is 397 g/mol. The van der Waals surface area contributed by atoms with E-state index in [0.717, 1.165) is 12.0 Å². The van der Waals surface area contributed by atoms with Crippen molar-refractivity contribution in [3.8, 4) is 0 Å². The highest BCUT2D eigenvalue weighted by Gasteiger charge is 2.56. The number of aliphatic hydroxyl groups is 1. The Bertz CT molecular complexity index is 849. The molecule has 29 heavy (non-hydrogen) atoms. The Kier molecular flexibility index (Phi) is 4.97. The predicted molar refractivity (Wildman–Crippen MR) is 111 cm³/mol. The van der Waals surface area contributed by atoms with Gasteiger partial charge in [-0.2, -0.15) is 0 Å². The monoisotopic (exact) mass is 396 g/mol. The molecule has 0 spiro atoms. The first-order chi connectivity index (χ1) is 13.6. The largest absolute Gasteiger partial charge is 0.512 e. The van der Waals surface area contributed by atoms with E-state index in [1.807, 2.05) is 44.2 Å². The van der Waals surface area contributed by atoms with Crippen LogP contribution in [0.25, 0.3) is 0 Å². The third-order valence-corrected chi connectivity index (χ3v) is 6.83. The Labute approximate surface area is 173 Å². The quantitative estimate of drug-likeness (QED) is 0.796. The van der Waals surface area contributed by atoms with Crippen molar-refractivity contribution in [1.29, 1.82) is 0 Å². The lowest BCUT2D eigenvalue weighted by molar-refractivity contribution is -0.132. The summed E-state index contributed by atoms with van der Waals surface area (Å²) in [7, 11) is 0. The summed E-state index contributed by atoms with van der Waals surface area (Å²) in [6.07, 6.45) is 2.36. The van der Waals surface area contributed by atoms with Crippen LogP contribution in [0.1, 0.15) is 58.9 Å². The summed E-state index contributed by atoms with van der Waals surface area (Å²) in [4.78, 5) is 26.3.